The fourth-order valence-corrected chi connectivity index (χ4v) is 3.21. The predicted molar refractivity (Wildman–Crippen MR) is 105 cm³/mol. The van der Waals surface area contributed by atoms with Crippen molar-refractivity contribution in [1.82, 2.24) is 10.2 Å². The number of benzene rings is 2. The first kappa shape index (κ1) is 19.8. The van der Waals surface area contributed by atoms with Crippen LogP contribution in [0.5, 0.6) is 0 Å². The zero-order chi connectivity index (χ0) is 19.9. The molecule has 0 radical (unpaired) electrons. The van der Waals surface area contributed by atoms with Gasteiger partial charge in [0.15, 0.2) is 0 Å². The molecule has 0 atom stereocenters. The van der Waals surface area contributed by atoms with E-state index < -0.39 is 0 Å². The highest BCUT2D eigenvalue weighted by Crippen LogP contribution is 2.22. The molecule has 0 saturated carbocycles. The van der Waals surface area contributed by atoms with Gasteiger partial charge in [-0.2, -0.15) is 0 Å². The summed E-state index contributed by atoms with van der Waals surface area (Å²) in [5, 5.41) is 2.77. The van der Waals surface area contributed by atoms with E-state index in [1.807, 2.05) is 6.07 Å². The van der Waals surface area contributed by atoms with Crippen LogP contribution in [-0.4, -0.2) is 50.2 Å². The van der Waals surface area contributed by atoms with Crippen molar-refractivity contribution in [3.05, 3.63) is 65.5 Å². The van der Waals surface area contributed by atoms with Gasteiger partial charge in [-0.3, -0.25) is 9.69 Å². The Morgan fingerprint density at radius 1 is 1.18 bits per heavy atom. The van der Waals surface area contributed by atoms with Gasteiger partial charge in [-0.25, -0.2) is 9.18 Å². The summed E-state index contributed by atoms with van der Waals surface area (Å²) in [5.41, 5.74) is 1.92. The molecule has 0 aliphatic carbocycles. The fourth-order valence-electron chi connectivity index (χ4n) is 3.21. The molecule has 1 aliphatic heterocycles. The quantitative estimate of drug-likeness (QED) is 0.746. The highest BCUT2D eigenvalue weighted by Gasteiger charge is 2.27. The number of nitrogens with zero attached hydrogens (tertiary/aromatic N) is 2. The maximum atomic E-state index is 13.4. The molecule has 28 heavy (non-hydrogen) atoms. The van der Waals surface area contributed by atoms with Crippen molar-refractivity contribution in [2.45, 2.75) is 13.0 Å². The molecule has 0 unspecified atom stereocenters. The number of hydrogen-bond acceptors (Lipinski definition) is 3. The van der Waals surface area contributed by atoms with Gasteiger partial charge in [0.25, 0.3) is 5.91 Å². The van der Waals surface area contributed by atoms with Crippen molar-refractivity contribution >= 4 is 17.6 Å². The van der Waals surface area contributed by atoms with E-state index in [1.165, 1.54) is 12.1 Å². The van der Waals surface area contributed by atoms with Crippen molar-refractivity contribution in [1.29, 1.82) is 0 Å². The molecular formula is C21H24FN3O3. The van der Waals surface area contributed by atoms with E-state index in [1.54, 1.807) is 47.2 Å². The molecule has 0 spiro atoms. The summed E-state index contributed by atoms with van der Waals surface area (Å²) in [4.78, 5) is 28.6. The largest absolute Gasteiger partial charge is 0.383 e. The molecule has 0 aromatic heterocycles. The van der Waals surface area contributed by atoms with E-state index >= 15 is 0 Å². The molecule has 0 bridgehead atoms. The SMILES string of the molecule is COCCNC(=O)c1cccc(N2CCCN(Cc3cccc(F)c3)C2=O)c1. The van der Waals surface area contributed by atoms with Gasteiger partial charge >= 0.3 is 6.03 Å². The zero-order valence-electron chi connectivity index (χ0n) is 15.9. The molecule has 1 saturated heterocycles. The fraction of sp³-hybridized carbons (Fsp3) is 0.333. The number of halogens is 1. The first-order valence-corrected chi connectivity index (χ1v) is 9.26. The maximum Gasteiger partial charge on any atom is 0.324 e. The predicted octanol–water partition coefficient (Wildman–Crippen LogP) is 3.03. The summed E-state index contributed by atoms with van der Waals surface area (Å²) < 4.78 is 18.4. The van der Waals surface area contributed by atoms with E-state index in [0.29, 0.717) is 44.0 Å². The van der Waals surface area contributed by atoms with Crippen LogP contribution in [0, 0.1) is 5.82 Å². The Morgan fingerprint density at radius 2 is 2.00 bits per heavy atom. The van der Waals surface area contributed by atoms with Gasteiger partial charge in [-0.15, -0.1) is 0 Å². The van der Waals surface area contributed by atoms with Gasteiger partial charge in [-0.05, 0) is 42.3 Å². The molecule has 1 N–H and O–H groups in total. The lowest BCUT2D eigenvalue weighted by atomic mass is 10.1. The number of carbonyl (C=O) groups is 2. The zero-order valence-corrected chi connectivity index (χ0v) is 15.9. The normalized spacial score (nSPS) is 14.3. The van der Waals surface area contributed by atoms with E-state index in [2.05, 4.69) is 5.32 Å². The molecule has 2 aromatic rings. The Bertz CT molecular complexity index is 843. The Kier molecular flexibility index (Phi) is 6.60. The molecule has 1 aliphatic rings. The lowest BCUT2D eigenvalue weighted by molar-refractivity contribution is 0.0937. The van der Waals surface area contributed by atoms with Crippen LogP contribution in [0.25, 0.3) is 0 Å². The number of nitrogens with one attached hydrogen (secondary N) is 1. The van der Waals surface area contributed by atoms with Crippen LogP contribution in [0.3, 0.4) is 0 Å². The van der Waals surface area contributed by atoms with Gasteiger partial charge in [0, 0.05) is 44.5 Å². The van der Waals surface area contributed by atoms with E-state index in [4.69, 9.17) is 4.74 Å². The summed E-state index contributed by atoms with van der Waals surface area (Å²) in [5.74, 6) is -0.522. The number of methoxy groups -OCH3 is 1. The minimum Gasteiger partial charge on any atom is -0.383 e. The van der Waals surface area contributed by atoms with Crippen molar-refractivity contribution in [3.8, 4) is 0 Å². The summed E-state index contributed by atoms with van der Waals surface area (Å²) in [6.45, 7) is 2.40. The van der Waals surface area contributed by atoms with E-state index in [-0.39, 0.29) is 17.8 Å². The number of carbonyl (C=O) groups excluding carboxylic acids is 2. The first-order chi connectivity index (χ1) is 13.6. The molecule has 6 nitrogen and oxygen atoms in total. The minimum absolute atomic E-state index is 0.146. The Hall–Kier alpha value is -2.93. The second kappa shape index (κ2) is 9.32. The first-order valence-electron chi connectivity index (χ1n) is 9.26. The van der Waals surface area contributed by atoms with Crippen molar-refractivity contribution in [3.63, 3.8) is 0 Å². The van der Waals surface area contributed by atoms with Gasteiger partial charge in [-0.1, -0.05) is 18.2 Å². The molecule has 148 valence electrons. The van der Waals surface area contributed by atoms with Crippen LogP contribution >= 0.6 is 0 Å². The number of rotatable bonds is 7. The average molecular weight is 385 g/mol. The number of amides is 3. The topological polar surface area (TPSA) is 61.9 Å². The average Bonchev–Trinajstić information content (AvgIpc) is 2.70. The lowest BCUT2D eigenvalue weighted by Gasteiger charge is -2.35. The summed E-state index contributed by atoms with van der Waals surface area (Å²) >= 11 is 0. The smallest absolute Gasteiger partial charge is 0.324 e. The maximum absolute atomic E-state index is 13.4. The van der Waals surface area contributed by atoms with Gasteiger partial charge in [0.2, 0.25) is 0 Å². The second-order valence-corrected chi connectivity index (χ2v) is 6.64. The van der Waals surface area contributed by atoms with Crippen molar-refractivity contribution < 1.29 is 18.7 Å². The molecular weight excluding hydrogens is 361 g/mol. The van der Waals surface area contributed by atoms with Crippen molar-refractivity contribution in [2.24, 2.45) is 0 Å². The molecule has 1 heterocycles. The van der Waals surface area contributed by atoms with Crippen LogP contribution in [0.4, 0.5) is 14.9 Å². The van der Waals surface area contributed by atoms with Crippen LogP contribution in [0.2, 0.25) is 0 Å². The third-order valence-electron chi connectivity index (χ3n) is 4.59. The van der Waals surface area contributed by atoms with Crippen LogP contribution in [-0.2, 0) is 11.3 Å². The van der Waals surface area contributed by atoms with E-state index in [0.717, 1.165) is 12.0 Å². The monoisotopic (exact) mass is 385 g/mol. The highest BCUT2D eigenvalue weighted by atomic mass is 19.1. The molecule has 2 aromatic carbocycles. The molecule has 7 heteroatoms. The van der Waals surface area contributed by atoms with Gasteiger partial charge in [0.05, 0.1) is 6.61 Å². The van der Waals surface area contributed by atoms with Crippen LogP contribution in [0.15, 0.2) is 48.5 Å². The molecule has 3 amide bonds. The Balaban J connectivity index is 1.71. The summed E-state index contributed by atoms with van der Waals surface area (Å²) in [7, 11) is 1.57. The number of ether oxygens (including phenoxy) is 1. The molecule has 3 rings (SSSR count). The lowest BCUT2D eigenvalue weighted by Crippen LogP contribution is -2.49. The Labute approximate surface area is 163 Å². The van der Waals surface area contributed by atoms with Gasteiger partial charge in [0.1, 0.15) is 5.82 Å². The highest BCUT2D eigenvalue weighted by molar-refractivity contribution is 5.98. The minimum atomic E-state index is -0.314. The Morgan fingerprint density at radius 3 is 2.79 bits per heavy atom. The number of urea groups is 1. The van der Waals surface area contributed by atoms with E-state index in [9.17, 15) is 14.0 Å². The van der Waals surface area contributed by atoms with Crippen molar-refractivity contribution in [2.75, 3.05) is 38.3 Å². The number of hydrogen-bond donors (Lipinski definition) is 1. The standard InChI is InChI=1S/C21H24FN3O3/c1-28-12-9-23-20(26)17-6-3-8-19(14-17)25-11-4-10-24(21(25)27)15-16-5-2-7-18(22)13-16/h2-3,5-8,13-14H,4,9-12,15H2,1H3,(H,23,26). The third kappa shape index (κ3) is 4.86. The third-order valence-corrected chi connectivity index (χ3v) is 4.59. The summed E-state index contributed by atoms with van der Waals surface area (Å²) in [6.07, 6.45) is 0.797. The number of anilines is 1. The van der Waals surface area contributed by atoms with Crippen LogP contribution in [0.1, 0.15) is 22.3 Å². The van der Waals surface area contributed by atoms with Crippen LogP contribution < -0.4 is 10.2 Å². The van der Waals surface area contributed by atoms with Gasteiger partial charge < -0.3 is 15.0 Å². The molecule has 1 fully saturated rings. The second-order valence-electron chi connectivity index (χ2n) is 6.64. The summed E-state index contributed by atoms with van der Waals surface area (Å²) in [6, 6.07) is 13.1.